The average molecular weight is 210 g/mol. The summed E-state index contributed by atoms with van der Waals surface area (Å²) in [4.78, 5) is 0. The molecule has 2 nitrogen and oxygen atoms in total. The lowest BCUT2D eigenvalue weighted by Crippen LogP contribution is -2.28. The van der Waals surface area contributed by atoms with E-state index in [-0.39, 0.29) is 11.5 Å². The maximum absolute atomic E-state index is 9.70. The second-order valence-electron chi connectivity index (χ2n) is 5.24. The fourth-order valence-corrected chi connectivity index (χ4v) is 2.42. The number of allylic oxidation sites excluding steroid dienone is 2. The highest BCUT2D eigenvalue weighted by atomic mass is 16.3. The summed E-state index contributed by atoms with van der Waals surface area (Å²) in [6, 6.07) is 0. The van der Waals surface area contributed by atoms with Gasteiger partial charge in [0.25, 0.3) is 0 Å². The lowest BCUT2D eigenvalue weighted by Gasteiger charge is -2.35. The Balaban J connectivity index is 2.96. The van der Waals surface area contributed by atoms with E-state index in [1.807, 2.05) is 6.08 Å². The summed E-state index contributed by atoms with van der Waals surface area (Å²) in [7, 11) is 0. The third-order valence-corrected chi connectivity index (χ3v) is 3.02. The molecule has 1 aliphatic rings. The Morgan fingerprint density at radius 1 is 1.47 bits per heavy atom. The summed E-state index contributed by atoms with van der Waals surface area (Å²) in [5.74, 6) is 0. The smallest absolute Gasteiger partial charge is 0.0695 e. The molecule has 0 radical (unpaired) electrons. The summed E-state index contributed by atoms with van der Waals surface area (Å²) in [6.07, 6.45) is 4.73. The van der Waals surface area contributed by atoms with Crippen molar-refractivity contribution in [2.24, 2.45) is 5.41 Å². The molecule has 0 aromatic carbocycles. The van der Waals surface area contributed by atoms with E-state index >= 15 is 0 Å². The van der Waals surface area contributed by atoms with Gasteiger partial charge < -0.3 is 10.2 Å². The van der Waals surface area contributed by atoms with Crippen LogP contribution >= 0.6 is 0 Å². The van der Waals surface area contributed by atoms with E-state index in [9.17, 15) is 10.2 Å². The molecule has 0 heterocycles. The molecule has 0 aliphatic heterocycles. The van der Waals surface area contributed by atoms with Gasteiger partial charge in [-0.3, -0.25) is 0 Å². The molecule has 0 aromatic rings. The van der Waals surface area contributed by atoms with Crippen LogP contribution in [-0.4, -0.2) is 22.4 Å². The van der Waals surface area contributed by atoms with Gasteiger partial charge in [-0.2, -0.15) is 0 Å². The van der Waals surface area contributed by atoms with Crippen LogP contribution in [0.3, 0.4) is 0 Å². The Bertz CT molecular complexity index is 285. The van der Waals surface area contributed by atoms with Gasteiger partial charge in [-0.1, -0.05) is 31.6 Å². The van der Waals surface area contributed by atoms with Crippen LogP contribution in [-0.2, 0) is 0 Å². The first kappa shape index (κ1) is 12.5. The minimum atomic E-state index is -0.409. The number of hydrogen-bond donors (Lipinski definition) is 2. The number of aliphatic hydroxyl groups is 2. The van der Waals surface area contributed by atoms with Crippen LogP contribution < -0.4 is 0 Å². The summed E-state index contributed by atoms with van der Waals surface area (Å²) in [5.41, 5.74) is 2.50. The summed E-state index contributed by atoms with van der Waals surface area (Å²) < 4.78 is 0. The molecule has 0 bridgehead atoms. The van der Waals surface area contributed by atoms with Gasteiger partial charge in [0.05, 0.1) is 12.2 Å². The molecule has 86 valence electrons. The molecule has 0 unspecified atom stereocenters. The molecule has 15 heavy (non-hydrogen) atoms. The number of rotatable bonds is 2. The van der Waals surface area contributed by atoms with Gasteiger partial charge in [-0.15, -0.1) is 0 Å². The molecule has 2 heteroatoms. The highest BCUT2D eigenvalue weighted by Gasteiger charge is 2.31. The molecule has 0 fully saturated rings. The fourth-order valence-electron chi connectivity index (χ4n) is 2.42. The lowest BCUT2D eigenvalue weighted by molar-refractivity contribution is 0.116. The summed E-state index contributed by atoms with van der Waals surface area (Å²) in [6.45, 7) is 8.09. The van der Waals surface area contributed by atoms with Crippen molar-refractivity contribution in [2.75, 3.05) is 0 Å². The Morgan fingerprint density at radius 2 is 2.07 bits per heavy atom. The van der Waals surface area contributed by atoms with Crippen LogP contribution in [0.2, 0.25) is 0 Å². The largest absolute Gasteiger partial charge is 0.393 e. The molecule has 0 aromatic heterocycles. The first-order valence-corrected chi connectivity index (χ1v) is 5.57. The Morgan fingerprint density at radius 3 is 2.53 bits per heavy atom. The van der Waals surface area contributed by atoms with Crippen molar-refractivity contribution in [1.29, 1.82) is 0 Å². The molecule has 0 spiro atoms. The molecule has 0 saturated carbocycles. The molecule has 0 saturated heterocycles. The van der Waals surface area contributed by atoms with E-state index in [1.54, 1.807) is 13.0 Å². The third-order valence-electron chi connectivity index (χ3n) is 3.02. The van der Waals surface area contributed by atoms with Gasteiger partial charge in [0, 0.05) is 0 Å². The SMILES string of the molecule is CC1=C(C=C[C@@H](C)O)C(C)(C)C[C@@H](O)C1. The molecule has 0 amide bonds. The van der Waals surface area contributed by atoms with E-state index in [4.69, 9.17) is 0 Å². The topological polar surface area (TPSA) is 40.5 Å². The summed E-state index contributed by atoms with van der Waals surface area (Å²) in [5, 5.41) is 18.9. The van der Waals surface area contributed by atoms with Crippen LogP contribution in [0, 0.1) is 5.41 Å². The monoisotopic (exact) mass is 210 g/mol. The molecule has 1 aliphatic carbocycles. The first-order valence-electron chi connectivity index (χ1n) is 5.57. The van der Waals surface area contributed by atoms with Crippen molar-refractivity contribution >= 4 is 0 Å². The van der Waals surface area contributed by atoms with Crippen molar-refractivity contribution in [3.05, 3.63) is 23.3 Å². The number of aliphatic hydroxyl groups excluding tert-OH is 2. The Labute approximate surface area is 92.3 Å². The van der Waals surface area contributed by atoms with E-state index in [1.165, 1.54) is 11.1 Å². The molecule has 2 N–H and O–H groups in total. The molecule has 2 atom stereocenters. The van der Waals surface area contributed by atoms with Gasteiger partial charge in [-0.05, 0) is 37.7 Å². The second kappa shape index (κ2) is 4.50. The van der Waals surface area contributed by atoms with Crippen LogP contribution in [0.5, 0.6) is 0 Å². The minimum Gasteiger partial charge on any atom is -0.393 e. The highest BCUT2D eigenvalue weighted by Crippen LogP contribution is 2.40. The zero-order valence-electron chi connectivity index (χ0n) is 10.1. The van der Waals surface area contributed by atoms with Gasteiger partial charge in [0.1, 0.15) is 0 Å². The molecule has 1 rings (SSSR count). The van der Waals surface area contributed by atoms with Crippen LogP contribution in [0.4, 0.5) is 0 Å². The van der Waals surface area contributed by atoms with Gasteiger partial charge in [0.15, 0.2) is 0 Å². The Kier molecular flexibility index (Phi) is 3.74. The van der Waals surface area contributed by atoms with Crippen molar-refractivity contribution in [2.45, 2.75) is 52.7 Å². The normalized spacial score (nSPS) is 28.5. The maximum Gasteiger partial charge on any atom is 0.0695 e. The van der Waals surface area contributed by atoms with Crippen LogP contribution in [0.15, 0.2) is 23.3 Å². The highest BCUT2D eigenvalue weighted by molar-refractivity contribution is 5.33. The summed E-state index contributed by atoms with van der Waals surface area (Å²) >= 11 is 0. The predicted molar refractivity (Wildman–Crippen MR) is 62.5 cm³/mol. The lowest BCUT2D eigenvalue weighted by atomic mass is 9.71. The maximum atomic E-state index is 9.70. The zero-order valence-corrected chi connectivity index (χ0v) is 10.1. The van der Waals surface area contributed by atoms with E-state index in [2.05, 4.69) is 20.8 Å². The van der Waals surface area contributed by atoms with Crippen molar-refractivity contribution in [3.8, 4) is 0 Å². The van der Waals surface area contributed by atoms with Crippen LogP contribution in [0.1, 0.15) is 40.5 Å². The van der Waals surface area contributed by atoms with Gasteiger partial charge in [0.2, 0.25) is 0 Å². The van der Waals surface area contributed by atoms with E-state index < -0.39 is 6.10 Å². The predicted octanol–water partition coefficient (Wildman–Crippen LogP) is 2.42. The third kappa shape index (κ3) is 3.18. The quantitative estimate of drug-likeness (QED) is 0.735. The van der Waals surface area contributed by atoms with Crippen molar-refractivity contribution in [3.63, 3.8) is 0 Å². The zero-order chi connectivity index (χ0) is 11.6. The van der Waals surface area contributed by atoms with Crippen LogP contribution in [0.25, 0.3) is 0 Å². The Hall–Kier alpha value is -0.600. The number of hydrogen-bond acceptors (Lipinski definition) is 2. The average Bonchev–Trinajstić information content (AvgIpc) is 1.98. The fraction of sp³-hybridized carbons (Fsp3) is 0.692. The van der Waals surface area contributed by atoms with E-state index in [0.29, 0.717) is 0 Å². The second-order valence-corrected chi connectivity index (χ2v) is 5.24. The van der Waals surface area contributed by atoms with Gasteiger partial charge in [-0.25, -0.2) is 0 Å². The minimum absolute atomic E-state index is 0.00708. The van der Waals surface area contributed by atoms with Crippen molar-refractivity contribution in [1.82, 2.24) is 0 Å². The van der Waals surface area contributed by atoms with Crippen molar-refractivity contribution < 1.29 is 10.2 Å². The standard InChI is InChI=1S/C13H22O2/c1-9-7-11(15)8-13(3,4)12(9)6-5-10(2)14/h5-6,10-11,14-15H,7-8H2,1-4H3/t10-,11+/m1/s1. The van der Waals surface area contributed by atoms with Gasteiger partial charge >= 0.3 is 0 Å². The molecular weight excluding hydrogens is 188 g/mol. The molecular formula is C13H22O2. The van der Waals surface area contributed by atoms with E-state index in [0.717, 1.165) is 12.8 Å². The first-order chi connectivity index (χ1) is 6.83.